The fraction of sp³-hybridized carbons (Fsp3) is 0.481. The molecule has 2 N–H and O–H groups in total. The normalized spacial score (nSPS) is 24.1. The van der Waals surface area contributed by atoms with Gasteiger partial charge in [-0.2, -0.15) is 0 Å². The van der Waals surface area contributed by atoms with E-state index in [1.165, 1.54) is 69.4 Å². The molecule has 1 amide bonds. The predicted octanol–water partition coefficient (Wildman–Crippen LogP) is 5.44. The first-order valence-electron chi connectivity index (χ1n) is 11.9. The number of rotatable bonds is 7. The van der Waals surface area contributed by atoms with E-state index < -0.39 is 11.9 Å². The topological polar surface area (TPSA) is 84.9 Å². The number of phenols is 1. The fourth-order valence-corrected chi connectivity index (χ4v) is 5.81. The number of amides is 1. The second-order valence-electron chi connectivity index (χ2n) is 9.53. The van der Waals surface area contributed by atoms with Crippen LogP contribution in [0.2, 0.25) is 0 Å². The number of fused-ring (bicyclic) bond motifs is 2. The van der Waals surface area contributed by atoms with Gasteiger partial charge in [0.1, 0.15) is 11.5 Å². The molecule has 2 aliphatic carbocycles. The van der Waals surface area contributed by atoms with Crippen LogP contribution >= 0.6 is 0 Å². The van der Waals surface area contributed by atoms with Gasteiger partial charge in [0, 0.05) is 0 Å². The SMILES string of the molecule is CCC1(c2ccc(OCC(=O)Nc3cc(C(=O)OC)ccc3O)cc2)CC2CCCC(C2)C1. The molecule has 0 aromatic heterocycles. The van der Waals surface area contributed by atoms with Crippen molar-refractivity contribution in [2.45, 2.75) is 57.3 Å². The third-order valence-electron chi connectivity index (χ3n) is 7.46. The summed E-state index contributed by atoms with van der Waals surface area (Å²) < 4.78 is 10.4. The van der Waals surface area contributed by atoms with Gasteiger partial charge in [-0.1, -0.05) is 38.3 Å². The van der Waals surface area contributed by atoms with Gasteiger partial charge in [0.2, 0.25) is 0 Å². The molecule has 4 rings (SSSR count). The van der Waals surface area contributed by atoms with Gasteiger partial charge >= 0.3 is 5.97 Å². The Hall–Kier alpha value is -3.02. The van der Waals surface area contributed by atoms with E-state index in [9.17, 15) is 14.7 Å². The highest BCUT2D eigenvalue weighted by Gasteiger charge is 2.42. The van der Waals surface area contributed by atoms with Crippen LogP contribution in [0.5, 0.6) is 11.5 Å². The molecule has 0 saturated heterocycles. The van der Waals surface area contributed by atoms with E-state index in [1.807, 2.05) is 12.1 Å². The summed E-state index contributed by atoms with van der Waals surface area (Å²) in [5.41, 5.74) is 2.00. The molecule has 176 valence electrons. The lowest BCUT2D eigenvalue weighted by Crippen LogP contribution is -2.38. The first-order chi connectivity index (χ1) is 15.9. The van der Waals surface area contributed by atoms with E-state index in [0.29, 0.717) is 5.75 Å². The zero-order chi connectivity index (χ0) is 23.4. The average molecular weight is 452 g/mol. The van der Waals surface area contributed by atoms with Gasteiger partial charge < -0.3 is 19.9 Å². The highest BCUT2D eigenvalue weighted by Crippen LogP contribution is 2.51. The zero-order valence-electron chi connectivity index (χ0n) is 19.4. The van der Waals surface area contributed by atoms with Gasteiger partial charge in [0.15, 0.2) is 6.61 Å². The van der Waals surface area contributed by atoms with E-state index in [0.717, 1.165) is 18.3 Å². The Bertz CT molecular complexity index is 988. The second kappa shape index (κ2) is 9.86. The minimum atomic E-state index is -0.548. The fourth-order valence-electron chi connectivity index (χ4n) is 5.81. The van der Waals surface area contributed by atoms with E-state index in [1.54, 1.807) is 0 Å². The van der Waals surface area contributed by atoms with Gasteiger partial charge in [-0.15, -0.1) is 0 Å². The second-order valence-corrected chi connectivity index (χ2v) is 9.53. The third-order valence-corrected chi connectivity index (χ3v) is 7.46. The molecule has 0 spiro atoms. The van der Waals surface area contributed by atoms with Crippen LogP contribution in [0.1, 0.15) is 67.8 Å². The highest BCUT2D eigenvalue weighted by atomic mass is 16.5. The lowest BCUT2D eigenvalue weighted by atomic mass is 9.57. The van der Waals surface area contributed by atoms with Crippen molar-refractivity contribution in [2.75, 3.05) is 19.0 Å². The summed E-state index contributed by atoms with van der Waals surface area (Å²) in [6.07, 6.45) is 9.22. The largest absolute Gasteiger partial charge is 0.506 e. The van der Waals surface area contributed by atoms with Crippen molar-refractivity contribution < 1.29 is 24.2 Å². The van der Waals surface area contributed by atoms with Gasteiger partial charge in [-0.05, 0) is 78.8 Å². The molecular weight excluding hydrogens is 418 g/mol. The average Bonchev–Trinajstić information content (AvgIpc) is 2.83. The van der Waals surface area contributed by atoms with Crippen LogP contribution in [0.15, 0.2) is 42.5 Å². The van der Waals surface area contributed by atoms with Crippen molar-refractivity contribution in [3.63, 3.8) is 0 Å². The molecule has 33 heavy (non-hydrogen) atoms. The van der Waals surface area contributed by atoms with E-state index in [-0.39, 0.29) is 29.0 Å². The first kappa shape index (κ1) is 23.1. The van der Waals surface area contributed by atoms with Crippen molar-refractivity contribution in [1.82, 2.24) is 0 Å². The maximum atomic E-state index is 12.3. The molecule has 6 nitrogen and oxygen atoms in total. The molecule has 2 aromatic carbocycles. The Morgan fingerprint density at radius 2 is 1.79 bits per heavy atom. The number of carbonyl (C=O) groups excluding carboxylic acids is 2. The number of hydrogen-bond donors (Lipinski definition) is 2. The van der Waals surface area contributed by atoms with E-state index in [2.05, 4.69) is 29.1 Å². The Kier molecular flexibility index (Phi) is 6.91. The van der Waals surface area contributed by atoms with Crippen molar-refractivity contribution in [3.05, 3.63) is 53.6 Å². The van der Waals surface area contributed by atoms with Crippen LogP contribution in [-0.4, -0.2) is 30.7 Å². The standard InChI is InChI=1S/C27H33NO5/c1-3-27(15-18-5-4-6-19(13-18)16-27)21-8-10-22(11-9-21)33-17-25(30)28-23-14-20(26(31)32-2)7-12-24(23)29/h7-12,14,18-19,29H,3-6,13,15-17H2,1-2H3,(H,28,30). The van der Waals surface area contributed by atoms with Gasteiger partial charge in [-0.3, -0.25) is 4.79 Å². The smallest absolute Gasteiger partial charge is 0.337 e. The molecule has 0 radical (unpaired) electrons. The molecule has 2 aliphatic rings. The Morgan fingerprint density at radius 3 is 2.42 bits per heavy atom. The summed E-state index contributed by atoms with van der Waals surface area (Å²) in [4.78, 5) is 24.0. The minimum absolute atomic E-state index is 0.134. The maximum Gasteiger partial charge on any atom is 0.337 e. The molecule has 2 bridgehead atoms. The van der Waals surface area contributed by atoms with Crippen LogP contribution in [0.3, 0.4) is 0 Å². The minimum Gasteiger partial charge on any atom is -0.506 e. The number of phenolic OH excluding ortho intramolecular Hbond substituents is 1. The third kappa shape index (κ3) is 5.15. The Morgan fingerprint density at radius 1 is 1.09 bits per heavy atom. The summed E-state index contributed by atoms with van der Waals surface area (Å²) >= 11 is 0. The number of aromatic hydroxyl groups is 1. The molecular formula is C27H33NO5. The molecule has 6 heteroatoms. The summed E-state index contributed by atoms with van der Waals surface area (Å²) in [6.45, 7) is 2.10. The lowest BCUT2D eigenvalue weighted by Gasteiger charge is -2.47. The lowest BCUT2D eigenvalue weighted by molar-refractivity contribution is -0.118. The predicted molar refractivity (Wildman–Crippen MR) is 127 cm³/mol. The van der Waals surface area contributed by atoms with Gasteiger partial charge in [0.25, 0.3) is 5.91 Å². The van der Waals surface area contributed by atoms with E-state index in [4.69, 9.17) is 4.74 Å². The van der Waals surface area contributed by atoms with Gasteiger partial charge in [0.05, 0.1) is 18.4 Å². The molecule has 0 heterocycles. The highest BCUT2D eigenvalue weighted by molar-refractivity contribution is 5.96. The van der Waals surface area contributed by atoms with Crippen LogP contribution < -0.4 is 10.1 Å². The molecule has 2 saturated carbocycles. The quantitative estimate of drug-likeness (QED) is 0.432. The molecule has 2 unspecified atom stereocenters. The number of anilines is 1. The van der Waals surface area contributed by atoms with Gasteiger partial charge in [-0.25, -0.2) is 4.79 Å². The summed E-state index contributed by atoms with van der Waals surface area (Å²) in [5, 5.41) is 12.6. The molecule has 2 atom stereocenters. The summed E-state index contributed by atoms with van der Waals surface area (Å²) in [7, 11) is 1.27. The number of nitrogens with one attached hydrogen (secondary N) is 1. The number of methoxy groups -OCH3 is 1. The number of benzene rings is 2. The van der Waals surface area contributed by atoms with Crippen LogP contribution in [0.4, 0.5) is 5.69 Å². The van der Waals surface area contributed by atoms with Crippen LogP contribution in [-0.2, 0) is 14.9 Å². The number of esters is 1. The summed E-state index contributed by atoms with van der Waals surface area (Å²) in [5.74, 6) is 1.22. The maximum absolute atomic E-state index is 12.3. The van der Waals surface area contributed by atoms with Crippen molar-refractivity contribution in [2.24, 2.45) is 11.8 Å². The first-order valence-corrected chi connectivity index (χ1v) is 11.9. The summed E-state index contributed by atoms with van der Waals surface area (Å²) in [6, 6.07) is 12.3. The molecule has 2 aromatic rings. The van der Waals surface area contributed by atoms with Crippen molar-refractivity contribution >= 4 is 17.6 Å². The van der Waals surface area contributed by atoms with Crippen LogP contribution in [0, 0.1) is 11.8 Å². The van der Waals surface area contributed by atoms with Crippen molar-refractivity contribution in [1.29, 1.82) is 0 Å². The monoisotopic (exact) mass is 451 g/mol. The van der Waals surface area contributed by atoms with E-state index >= 15 is 0 Å². The van der Waals surface area contributed by atoms with Crippen molar-refractivity contribution in [3.8, 4) is 11.5 Å². The van der Waals surface area contributed by atoms with Crippen LogP contribution in [0.25, 0.3) is 0 Å². The Labute approximate surface area is 195 Å². The number of hydrogen-bond acceptors (Lipinski definition) is 5. The zero-order valence-corrected chi connectivity index (χ0v) is 19.4. The Balaban J connectivity index is 1.37. The number of ether oxygens (including phenoxy) is 2. The molecule has 2 fully saturated rings. The number of carbonyl (C=O) groups is 2. The molecule has 0 aliphatic heterocycles.